The first-order valence-corrected chi connectivity index (χ1v) is 6.00. The maximum absolute atomic E-state index is 11.5. The summed E-state index contributed by atoms with van der Waals surface area (Å²) >= 11 is 3.47. The molecular formula is C13H16BrNO. The minimum atomic E-state index is -0.0525. The molecule has 1 aromatic rings. The molecule has 0 bridgehead atoms. The van der Waals surface area contributed by atoms with Crippen LogP contribution in [-0.2, 0) is 4.79 Å². The van der Waals surface area contributed by atoms with E-state index in [0.717, 1.165) is 15.6 Å². The van der Waals surface area contributed by atoms with E-state index >= 15 is 0 Å². The van der Waals surface area contributed by atoms with Crippen LogP contribution in [0.15, 0.2) is 40.4 Å². The third kappa shape index (κ3) is 3.81. The van der Waals surface area contributed by atoms with Crippen LogP contribution in [-0.4, -0.2) is 5.91 Å². The summed E-state index contributed by atoms with van der Waals surface area (Å²) < 4.78 is 1.01. The standard InChI is InChI=1S/C13H16BrNO/c1-9(2)8-13(16)15-10(3)11-6-4-5-7-12(11)14/h4-8,10H,1-3H3,(H,15,16). The second-order valence-electron chi connectivity index (χ2n) is 3.97. The Bertz CT molecular complexity index is 408. The van der Waals surface area contributed by atoms with Crippen molar-refractivity contribution in [3.05, 3.63) is 46.0 Å². The molecule has 0 fully saturated rings. The number of benzene rings is 1. The Kier molecular flexibility index (Phi) is 4.74. The van der Waals surface area contributed by atoms with Crippen molar-refractivity contribution < 1.29 is 4.79 Å². The van der Waals surface area contributed by atoms with Gasteiger partial charge in [-0.2, -0.15) is 0 Å². The van der Waals surface area contributed by atoms with Crippen molar-refractivity contribution in [3.8, 4) is 0 Å². The summed E-state index contributed by atoms with van der Waals surface area (Å²) in [6, 6.07) is 7.89. The fourth-order valence-corrected chi connectivity index (χ4v) is 2.05. The number of carbonyl (C=O) groups is 1. The Morgan fingerprint density at radius 1 is 1.38 bits per heavy atom. The molecule has 86 valence electrons. The first-order valence-electron chi connectivity index (χ1n) is 5.20. The van der Waals surface area contributed by atoms with Crippen molar-refractivity contribution in [1.82, 2.24) is 5.32 Å². The third-order valence-corrected chi connectivity index (χ3v) is 2.87. The number of rotatable bonds is 3. The van der Waals surface area contributed by atoms with Crippen molar-refractivity contribution in [3.63, 3.8) is 0 Å². The fraction of sp³-hybridized carbons (Fsp3) is 0.308. The Morgan fingerprint density at radius 2 is 2.00 bits per heavy atom. The molecule has 0 radical (unpaired) electrons. The van der Waals surface area contributed by atoms with Gasteiger partial charge < -0.3 is 5.32 Å². The van der Waals surface area contributed by atoms with E-state index in [9.17, 15) is 4.79 Å². The summed E-state index contributed by atoms with van der Waals surface area (Å²) in [7, 11) is 0. The first-order chi connectivity index (χ1) is 7.50. The summed E-state index contributed by atoms with van der Waals surface area (Å²) in [5.74, 6) is -0.0525. The fourth-order valence-electron chi connectivity index (χ4n) is 1.42. The van der Waals surface area contributed by atoms with Gasteiger partial charge in [0.25, 0.3) is 0 Å². The third-order valence-electron chi connectivity index (χ3n) is 2.15. The SMILES string of the molecule is CC(C)=CC(=O)NC(C)c1ccccc1Br. The number of allylic oxidation sites excluding steroid dienone is 1. The lowest BCUT2D eigenvalue weighted by molar-refractivity contribution is -0.117. The number of halogens is 1. The van der Waals surface area contributed by atoms with Gasteiger partial charge in [-0.25, -0.2) is 0 Å². The summed E-state index contributed by atoms with van der Waals surface area (Å²) in [6.45, 7) is 5.78. The maximum atomic E-state index is 11.5. The Morgan fingerprint density at radius 3 is 2.56 bits per heavy atom. The van der Waals surface area contributed by atoms with Crippen LogP contribution in [0.4, 0.5) is 0 Å². The van der Waals surface area contributed by atoms with E-state index in [1.807, 2.05) is 45.0 Å². The lowest BCUT2D eigenvalue weighted by atomic mass is 10.1. The number of hydrogen-bond donors (Lipinski definition) is 1. The van der Waals surface area contributed by atoms with Gasteiger partial charge in [-0.05, 0) is 32.4 Å². The normalized spacial score (nSPS) is 11.8. The topological polar surface area (TPSA) is 29.1 Å². The number of nitrogens with one attached hydrogen (secondary N) is 1. The maximum Gasteiger partial charge on any atom is 0.244 e. The van der Waals surface area contributed by atoms with Crippen LogP contribution in [0.1, 0.15) is 32.4 Å². The van der Waals surface area contributed by atoms with Crippen molar-refractivity contribution in [1.29, 1.82) is 0 Å². The molecule has 1 rings (SSSR count). The Balaban J connectivity index is 2.73. The minimum absolute atomic E-state index is 0.00123. The van der Waals surface area contributed by atoms with Crippen LogP contribution in [0.3, 0.4) is 0 Å². The van der Waals surface area contributed by atoms with E-state index in [4.69, 9.17) is 0 Å². The molecular weight excluding hydrogens is 266 g/mol. The molecule has 1 amide bonds. The van der Waals surface area contributed by atoms with Gasteiger partial charge in [-0.1, -0.05) is 39.7 Å². The van der Waals surface area contributed by atoms with Crippen LogP contribution in [0.5, 0.6) is 0 Å². The van der Waals surface area contributed by atoms with E-state index in [0.29, 0.717) is 0 Å². The van der Waals surface area contributed by atoms with Crippen molar-refractivity contribution in [2.24, 2.45) is 0 Å². The highest BCUT2D eigenvalue weighted by Crippen LogP contribution is 2.22. The van der Waals surface area contributed by atoms with Gasteiger partial charge in [0.15, 0.2) is 0 Å². The summed E-state index contributed by atoms with van der Waals surface area (Å²) in [4.78, 5) is 11.5. The Hall–Kier alpha value is -1.09. The summed E-state index contributed by atoms with van der Waals surface area (Å²) in [5.41, 5.74) is 2.08. The molecule has 3 heteroatoms. The van der Waals surface area contributed by atoms with Gasteiger partial charge in [0.05, 0.1) is 6.04 Å². The van der Waals surface area contributed by atoms with Crippen LogP contribution in [0, 0.1) is 0 Å². The number of amides is 1. The van der Waals surface area contributed by atoms with E-state index in [-0.39, 0.29) is 11.9 Å². The highest BCUT2D eigenvalue weighted by atomic mass is 79.9. The second-order valence-corrected chi connectivity index (χ2v) is 4.83. The molecule has 16 heavy (non-hydrogen) atoms. The first kappa shape index (κ1) is 13.0. The quantitative estimate of drug-likeness (QED) is 0.843. The van der Waals surface area contributed by atoms with E-state index < -0.39 is 0 Å². The van der Waals surface area contributed by atoms with Crippen LogP contribution in [0.25, 0.3) is 0 Å². The average Bonchev–Trinajstić information content (AvgIpc) is 2.16. The number of carbonyl (C=O) groups excluding carboxylic acids is 1. The zero-order valence-corrected chi connectivity index (χ0v) is 11.3. The molecule has 0 aliphatic rings. The highest BCUT2D eigenvalue weighted by Gasteiger charge is 2.10. The largest absolute Gasteiger partial charge is 0.346 e. The lowest BCUT2D eigenvalue weighted by Gasteiger charge is -2.14. The van der Waals surface area contributed by atoms with Crippen molar-refractivity contribution in [2.45, 2.75) is 26.8 Å². The molecule has 1 aromatic carbocycles. The smallest absolute Gasteiger partial charge is 0.244 e. The zero-order chi connectivity index (χ0) is 12.1. The molecule has 0 spiro atoms. The van der Waals surface area contributed by atoms with Gasteiger partial charge in [0.1, 0.15) is 0 Å². The van der Waals surface area contributed by atoms with Crippen molar-refractivity contribution >= 4 is 21.8 Å². The summed E-state index contributed by atoms with van der Waals surface area (Å²) in [5, 5.41) is 2.92. The molecule has 0 heterocycles. The second kappa shape index (κ2) is 5.85. The predicted octanol–water partition coefficient (Wildman–Crippen LogP) is 3.59. The number of hydrogen-bond acceptors (Lipinski definition) is 1. The monoisotopic (exact) mass is 281 g/mol. The van der Waals surface area contributed by atoms with E-state index in [1.165, 1.54) is 0 Å². The summed E-state index contributed by atoms with van der Waals surface area (Å²) in [6.07, 6.45) is 1.60. The molecule has 0 aliphatic carbocycles. The minimum Gasteiger partial charge on any atom is -0.346 e. The molecule has 0 aliphatic heterocycles. The molecule has 0 saturated heterocycles. The van der Waals surface area contributed by atoms with Gasteiger partial charge in [-0.15, -0.1) is 0 Å². The van der Waals surface area contributed by atoms with Gasteiger partial charge in [0.2, 0.25) is 5.91 Å². The molecule has 0 saturated carbocycles. The lowest BCUT2D eigenvalue weighted by Crippen LogP contribution is -2.25. The molecule has 1 N–H and O–H groups in total. The molecule has 0 aromatic heterocycles. The Labute approximate surface area is 105 Å². The highest BCUT2D eigenvalue weighted by molar-refractivity contribution is 9.10. The van der Waals surface area contributed by atoms with Crippen LogP contribution >= 0.6 is 15.9 Å². The zero-order valence-electron chi connectivity index (χ0n) is 9.75. The van der Waals surface area contributed by atoms with E-state index in [2.05, 4.69) is 21.2 Å². The van der Waals surface area contributed by atoms with Crippen molar-refractivity contribution in [2.75, 3.05) is 0 Å². The molecule has 1 atom stereocenters. The predicted molar refractivity (Wildman–Crippen MR) is 70.1 cm³/mol. The average molecular weight is 282 g/mol. The molecule has 1 unspecified atom stereocenters. The van der Waals surface area contributed by atoms with Gasteiger partial charge >= 0.3 is 0 Å². The molecule has 2 nitrogen and oxygen atoms in total. The van der Waals surface area contributed by atoms with E-state index in [1.54, 1.807) is 6.08 Å². The van der Waals surface area contributed by atoms with Gasteiger partial charge in [-0.3, -0.25) is 4.79 Å². The van der Waals surface area contributed by atoms with Crippen LogP contribution in [0.2, 0.25) is 0 Å². The van der Waals surface area contributed by atoms with Crippen LogP contribution < -0.4 is 5.32 Å². The van der Waals surface area contributed by atoms with Gasteiger partial charge in [0, 0.05) is 10.5 Å².